The molecule has 0 radical (unpaired) electrons. The van der Waals surface area contributed by atoms with Gasteiger partial charge in [-0.15, -0.1) is 0 Å². The molecular weight excluding hydrogens is 328 g/mol. The molecule has 1 fully saturated rings. The van der Waals surface area contributed by atoms with Crippen LogP contribution >= 0.6 is 0 Å². The van der Waals surface area contributed by atoms with Gasteiger partial charge in [0.2, 0.25) is 5.91 Å². The Hall–Kier alpha value is -2.47. The molecule has 6 nitrogen and oxygen atoms in total. The number of amides is 1. The summed E-state index contributed by atoms with van der Waals surface area (Å²) in [5.74, 6) is 0.207. The highest BCUT2D eigenvalue weighted by atomic mass is 16.2. The van der Waals surface area contributed by atoms with Crippen LogP contribution in [0.15, 0.2) is 30.3 Å². The third-order valence-electron chi connectivity index (χ3n) is 5.17. The molecule has 138 valence electrons. The SMILES string of the molecule is Cc1nn(-c2ccccc2)c(C)c1NC(=O)[C@@H](C)N1CCC(=O)[C@@H](C)C1. The molecule has 0 saturated carbocycles. The van der Waals surface area contributed by atoms with Crippen LogP contribution in [0.3, 0.4) is 0 Å². The van der Waals surface area contributed by atoms with Crippen LogP contribution in [0.2, 0.25) is 0 Å². The van der Waals surface area contributed by atoms with Crippen molar-refractivity contribution in [2.45, 2.75) is 40.2 Å². The molecule has 0 aliphatic carbocycles. The van der Waals surface area contributed by atoms with Crippen molar-refractivity contribution in [3.63, 3.8) is 0 Å². The highest BCUT2D eigenvalue weighted by molar-refractivity contribution is 5.95. The lowest BCUT2D eigenvalue weighted by molar-refractivity contribution is -0.129. The number of anilines is 1. The predicted octanol–water partition coefficient (Wildman–Crippen LogP) is 2.73. The van der Waals surface area contributed by atoms with Gasteiger partial charge in [-0.2, -0.15) is 5.10 Å². The molecule has 3 rings (SSSR count). The molecule has 1 aromatic carbocycles. The van der Waals surface area contributed by atoms with E-state index in [-0.39, 0.29) is 23.7 Å². The fraction of sp³-hybridized carbons (Fsp3) is 0.450. The van der Waals surface area contributed by atoms with Gasteiger partial charge in [-0.25, -0.2) is 4.68 Å². The van der Waals surface area contributed by atoms with E-state index < -0.39 is 0 Å². The van der Waals surface area contributed by atoms with Crippen LogP contribution < -0.4 is 5.32 Å². The normalized spacial score (nSPS) is 19.4. The van der Waals surface area contributed by atoms with Crippen LogP contribution in [-0.2, 0) is 9.59 Å². The first-order valence-electron chi connectivity index (χ1n) is 9.07. The molecule has 2 atom stereocenters. The van der Waals surface area contributed by atoms with Crippen molar-refractivity contribution in [3.05, 3.63) is 41.7 Å². The van der Waals surface area contributed by atoms with Crippen molar-refractivity contribution in [2.24, 2.45) is 5.92 Å². The summed E-state index contributed by atoms with van der Waals surface area (Å²) >= 11 is 0. The Labute approximate surface area is 154 Å². The molecule has 1 amide bonds. The maximum Gasteiger partial charge on any atom is 0.241 e. The van der Waals surface area contributed by atoms with Gasteiger partial charge in [0.25, 0.3) is 0 Å². The van der Waals surface area contributed by atoms with Crippen LogP contribution in [-0.4, -0.2) is 45.5 Å². The van der Waals surface area contributed by atoms with Crippen LogP contribution in [0.4, 0.5) is 5.69 Å². The van der Waals surface area contributed by atoms with Crippen molar-refractivity contribution >= 4 is 17.4 Å². The number of rotatable bonds is 4. The second-order valence-corrected chi connectivity index (χ2v) is 7.07. The molecule has 1 aliphatic rings. The lowest BCUT2D eigenvalue weighted by atomic mass is 9.97. The van der Waals surface area contributed by atoms with Gasteiger partial charge in [0.1, 0.15) is 5.78 Å². The number of benzene rings is 1. The number of aryl methyl sites for hydroxylation is 1. The number of para-hydroxylation sites is 1. The summed E-state index contributed by atoms with van der Waals surface area (Å²) in [6.07, 6.45) is 0.517. The number of ketones is 1. The highest BCUT2D eigenvalue weighted by Gasteiger charge is 2.30. The number of carbonyl (C=O) groups excluding carboxylic acids is 2. The molecule has 1 saturated heterocycles. The van der Waals surface area contributed by atoms with Gasteiger partial charge in [0.05, 0.1) is 28.8 Å². The van der Waals surface area contributed by atoms with Crippen molar-refractivity contribution in [3.8, 4) is 5.69 Å². The zero-order valence-corrected chi connectivity index (χ0v) is 15.8. The molecular formula is C20H26N4O2. The third-order valence-corrected chi connectivity index (χ3v) is 5.17. The zero-order chi connectivity index (χ0) is 18.8. The first-order chi connectivity index (χ1) is 12.4. The molecule has 2 heterocycles. The summed E-state index contributed by atoms with van der Waals surface area (Å²) in [4.78, 5) is 26.6. The summed E-state index contributed by atoms with van der Waals surface area (Å²) in [6.45, 7) is 8.94. The summed E-state index contributed by atoms with van der Waals surface area (Å²) in [6, 6.07) is 9.57. The Morgan fingerprint density at radius 3 is 2.62 bits per heavy atom. The summed E-state index contributed by atoms with van der Waals surface area (Å²) in [5.41, 5.74) is 3.40. The minimum Gasteiger partial charge on any atom is -0.322 e. The van der Waals surface area contributed by atoms with Crippen molar-refractivity contribution in [1.29, 1.82) is 0 Å². The third kappa shape index (κ3) is 3.55. The maximum atomic E-state index is 12.8. The second-order valence-electron chi connectivity index (χ2n) is 7.07. The van der Waals surface area contributed by atoms with Gasteiger partial charge >= 0.3 is 0 Å². The minimum atomic E-state index is -0.288. The lowest BCUT2D eigenvalue weighted by Crippen LogP contribution is -2.49. The smallest absolute Gasteiger partial charge is 0.241 e. The summed E-state index contributed by atoms with van der Waals surface area (Å²) < 4.78 is 1.84. The number of hydrogen-bond acceptors (Lipinski definition) is 4. The maximum absolute atomic E-state index is 12.8. The molecule has 2 aromatic rings. The van der Waals surface area contributed by atoms with Crippen molar-refractivity contribution in [2.75, 3.05) is 18.4 Å². The van der Waals surface area contributed by atoms with Crippen LogP contribution in [0.5, 0.6) is 0 Å². The van der Waals surface area contributed by atoms with E-state index in [0.29, 0.717) is 19.5 Å². The van der Waals surface area contributed by atoms with Crippen LogP contribution in [0.1, 0.15) is 31.7 Å². The number of carbonyl (C=O) groups is 2. The molecule has 0 spiro atoms. The Bertz CT molecular complexity index is 813. The van der Waals surface area contributed by atoms with E-state index in [0.717, 1.165) is 22.8 Å². The Morgan fingerprint density at radius 1 is 1.27 bits per heavy atom. The number of nitrogens with one attached hydrogen (secondary N) is 1. The minimum absolute atomic E-state index is 0.0108. The van der Waals surface area contributed by atoms with Gasteiger partial charge in [-0.1, -0.05) is 25.1 Å². The Morgan fingerprint density at radius 2 is 1.96 bits per heavy atom. The number of Topliss-reactive ketones (excluding diaryl/α,β-unsaturated/α-hetero) is 1. The predicted molar refractivity (Wildman–Crippen MR) is 101 cm³/mol. The standard InChI is InChI=1S/C20H26N4O2/c1-13-12-23(11-10-18(13)25)16(4)20(26)21-19-14(2)22-24(15(19)3)17-8-6-5-7-9-17/h5-9,13,16H,10-12H2,1-4H3,(H,21,26)/t13-,16+/m0/s1. The van der Waals surface area contributed by atoms with E-state index >= 15 is 0 Å². The van der Waals surface area contributed by atoms with Gasteiger partial charge < -0.3 is 5.32 Å². The number of piperidine rings is 1. The van der Waals surface area contributed by atoms with Crippen molar-refractivity contribution < 1.29 is 9.59 Å². The molecule has 0 bridgehead atoms. The van der Waals surface area contributed by atoms with E-state index in [4.69, 9.17) is 0 Å². The largest absolute Gasteiger partial charge is 0.322 e. The van der Waals surface area contributed by atoms with Crippen LogP contribution in [0, 0.1) is 19.8 Å². The van der Waals surface area contributed by atoms with Crippen LogP contribution in [0.25, 0.3) is 5.69 Å². The fourth-order valence-corrected chi connectivity index (χ4v) is 3.43. The second kappa shape index (κ2) is 7.41. The fourth-order valence-electron chi connectivity index (χ4n) is 3.43. The number of likely N-dealkylation sites (tertiary alicyclic amines) is 1. The van der Waals surface area contributed by atoms with E-state index in [1.165, 1.54) is 0 Å². The summed E-state index contributed by atoms with van der Waals surface area (Å²) in [5, 5.41) is 7.61. The topological polar surface area (TPSA) is 67.2 Å². The van der Waals surface area contributed by atoms with E-state index in [2.05, 4.69) is 15.3 Å². The highest BCUT2D eigenvalue weighted by Crippen LogP contribution is 2.24. The van der Waals surface area contributed by atoms with E-state index in [1.54, 1.807) is 0 Å². The Kier molecular flexibility index (Phi) is 5.23. The van der Waals surface area contributed by atoms with Gasteiger partial charge in [0.15, 0.2) is 0 Å². The van der Waals surface area contributed by atoms with E-state index in [9.17, 15) is 9.59 Å². The Balaban J connectivity index is 1.75. The molecule has 0 unspecified atom stereocenters. The quantitative estimate of drug-likeness (QED) is 0.917. The average molecular weight is 354 g/mol. The van der Waals surface area contributed by atoms with Crippen molar-refractivity contribution in [1.82, 2.24) is 14.7 Å². The summed E-state index contributed by atoms with van der Waals surface area (Å²) in [7, 11) is 0. The molecule has 1 aromatic heterocycles. The van der Waals surface area contributed by atoms with Gasteiger partial charge in [0, 0.05) is 25.4 Å². The molecule has 1 aliphatic heterocycles. The number of hydrogen-bond donors (Lipinski definition) is 1. The molecule has 26 heavy (non-hydrogen) atoms. The number of nitrogens with zero attached hydrogens (tertiary/aromatic N) is 3. The first-order valence-corrected chi connectivity index (χ1v) is 9.07. The van der Waals surface area contributed by atoms with Gasteiger partial charge in [-0.3, -0.25) is 14.5 Å². The first kappa shape index (κ1) is 18.3. The lowest BCUT2D eigenvalue weighted by Gasteiger charge is -2.33. The number of aromatic nitrogens is 2. The van der Waals surface area contributed by atoms with E-state index in [1.807, 2.05) is 62.7 Å². The average Bonchev–Trinajstić information content (AvgIpc) is 2.92. The molecule has 1 N–H and O–H groups in total. The monoisotopic (exact) mass is 354 g/mol. The molecule has 6 heteroatoms. The zero-order valence-electron chi connectivity index (χ0n) is 15.8. The van der Waals surface area contributed by atoms with Gasteiger partial charge in [-0.05, 0) is 32.9 Å².